The molecule has 0 radical (unpaired) electrons. The molecule has 0 spiro atoms. The summed E-state index contributed by atoms with van der Waals surface area (Å²) >= 11 is 12.0. The molecule has 2 aromatic carbocycles. The van der Waals surface area contributed by atoms with Gasteiger partial charge in [-0.15, -0.1) is 0 Å². The Bertz CT molecular complexity index is 1040. The smallest absolute Gasteiger partial charge is 0.306 e. The van der Waals surface area contributed by atoms with Crippen molar-refractivity contribution in [2.75, 3.05) is 6.54 Å². The Labute approximate surface area is 176 Å². The number of nitro groups is 1. The summed E-state index contributed by atoms with van der Waals surface area (Å²) in [6, 6.07) is 12.0. The second-order valence-electron chi connectivity index (χ2n) is 6.04. The molecule has 150 valence electrons. The third-order valence-corrected chi connectivity index (χ3v) is 4.46. The van der Waals surface area contributed by atoms with Gasteiger partial charge in [-0.05, 0) is 35.9 Å². The van der Waals surface area contributed by atoms with E-state index in [0.717, 1.165) is 11.8 Å². The van der Waals surface area contributed by atoms with Crippen LogP contribution in [0.25, 0.3) is 0 Å². The third-order valence-electron chi connectivity index (χ3n) is 3.93. The van der Waals surface area contributed by atoms with Crippen molar-refractivity contribution in [3.05, 3.63) is 86.1 Å². The Kier molecular flexibility index (Phi) is 6.69. The first kappa shape index (κ1) is 20.6. The highest BCUT2D eigenvalue weighted by Gasteiger charge is 2.10. The number of aromatic nitrogens is 2. The number of benzene rings is 2. The lowest BCUT2D eigenvalue weighted by Gasteiger charge is -2.10. The standard InChI is InChI=1S/C19H16Cl2N4O4/c20-15-4-5-18(17(21)9-15)29-12-13-2-1-3-14(8-13)19(26)22-6-7-24-11-16(10-23-24)25(27)28/h1-5,8-11H,6-7,12H2,(H,22,26). The summed E-state index contributed by atoms with van der Waals surface area (Å²) in [6.45, 7) is 0.829. The Morgan fingerprint density at radius 3 is 2.79 bits per heavy atom. The van der Waals surface area contributed by atoms with Crippen LogP contribution >= 0.6 is 23.2 Å². The molecule has 1 N–H and O–H groups in total. The van der Waals surface area contributed by atoms with Gasteiger partial charge in [0.1, 0.15) is 24.8 Å². The molecule has 0 saturated carbocycles. The van der Waals surface area contributed by atoms with Crippen molar-refractivity contribution in [1.82, 2.24) is 15.1 Å². The van der Waals surface area contributed by atoms with Crippen LogP contribution in [0, 0.1) is 10.1 Å². The van der Waals surface area contributed by atoms with E-state index in [1.54, 1.807) is 36.4 Å². The number of nitrogens with one attached hydrogen (secondary N) is 1. The zero-order valence-electron chi connectivity index (χ0n) is 15.0. The average Bonchev–Trinajstić information content (AvgIpc) is 3.17. The minimum Gasteiger partial charge on any atom is -0.487 e. The Morgan fingerprint density at radius 2 is 2.07 bits per heavy atom. The first-order chi connectivity index (χ1) is 13.9. The van der Waals surface area contributed by atoms with Crippen LogP contribution in [-0.2, 0) is 13.2 Å². The van der Waals surface area contributed by atoms with Crippen molar-refractivity contribution in [3.8, 4) is 5.75 Å². The molecule has 3 aromatic rings. The van der Waals surface area contributed by atoms with E-state index in [1.165, 1.54) is 10.9 Å². The first-order valence-corrected chi connectivity index (χ1v) is 9.30. The number of ether oxygens (including phenoxy) is 1. The number of nitrogens with zero attached hydrogens (tertiary/aromatic N) is 3. The van der Waals surface area contributed by atoms with E-state index in [9.17, 15) is 14.9 Å². The van der Waals surface area contributed by atoms with Gasteiger partial charge < -0.3 is 10.1 Å². The highest BCUT2D eigenvalue weighted by atomic mass is 35.5. The molecular weight excluding hydrogens is 419 g/mol. The van der Waals surface area contributed by atoms with E-state index in [2.05, 4.69) is 10.4 Å². The Morgan fingerprint density at radius 1 is 1.24 bits per heavy atom. The summed E-state index contributed by atoms with van der Waals surface area (Å²) in [6.07, 6.45) is 2.48. The van der Waals surface area contributed by atoms with Crippen molar-refractivity contribution < 1.29 is 14.5 Å². The van der Waals surface area contributed by atoms with Gasteiger partial charge in [0.2, 0.25) is 0 Å². The summed E-state index contributed by atoms with van der Waals surface area (Å²) < 4.78 is 7.09. The zero-order chi connectivity index (χ0) is 20.8. The van der Waals surface area contributed by atoms with Gasteiger partial charge in [-0.25, -0.2) is 0 Å². The topological polar surface area (TPSA) is 99.3 Å². The summed E-state index contributed by atoms with van der Waals surface area (Å²) in [5, 5.41) is 18.2. The van der Waals surface area contributed by atoms with Crippen molar-refractivity contribution in [2.45, 2.75) is 13.2 Å². The number of rotatable bonds is 8. The van der Waals surface area contributed by atoms with E-state index in [-0.39, 0.29) is 24.7 Å². The Hall–Kier alpha value is -3.10. The van der Waals surface area contributed by atoms with Crippen molar-refractivity contribution in [3.63, 3.8) is 0 Å². The number of carbonyl (C=O) groups excluding carboxylic acids is 1. The molecule has 0 aliphatic rings. The summed E-state index contributed by atoms with van der Waals surface area (Å²) in [7, 11) is 0. The highest BCUT2D eigenvalue weighted by Crippen LogP contribution is 2.28. The van der Waals surface area contributed by atoms with Gasteiger partial charge >= 0.3 is 5.69 Å². The highest BCUT2D eigenvalue weighted by molar-refractivity contribution is 6.35. The van der Waals surface area contributed by atoms with Gasteiger partial charge in [-0.2, -0.15) is 5.10 Å². The predicted molar refractivity (Wildman–Crippen MR) is 108 cm³/mol. The maximum atomic E-state index is 12.3. The molecule has 1 amide bonds. The fourth-order valence-electron chi connectivity index (χ4n) is 2.51. The van der Waals surface area contributed by atoms with Crippen LogP contribution in [0.5, 0.6) is 5.75 Å². The molecule has 3 rings (SSSR count). The van der Waals surface area contributed by atoms with E-state index in [0.29, 0.717) is 27.9 Å². The van der Waals surface area contributed by atoms with Crippen LogP contribution < -0.4 is 10.1 Å². The SMILES string of the molecule is O=C(NCCn1cc([N+](=O)[O-])cn1)c1cccc(COc2ccc(Cl)cc2Cl)c1. The number of carbonyl (C=O) groups is 1. The molecule has 0 bridgehead atoms. The molecule has 0 atom stereocenters. The van der Waals surface area contributed by atoms with Crippen LogP contribution in [0.4, 0.5) is 5.69 Å². The molecule has 1 aromatic heterocycles. The molecule has 10 heteroatoms. The van der Waals surface area contributed by atoms with E-state index in [4.69, 9.17) is 27.9 Å². The van der Waals surface area contributed by atoms with Crippen LogP contribution in [0.3, 0.4) is 0 Å². The maximum Gasteiger partial charge on any atom is 0.306 e. The van der Waals surface area contributed by atoms with E-state index >= 15 is 0 Å². The number of amides is 1. The van der Waals surface area contributed by atoms with Gasteiger partial charge in [-0.1, -0.05) is 35.3 Å². The molecule has 0 unspecified atom stereocenters. The van der Waals surface area contributed by atoms with E-state index in [1.807, 2.05) is 6.07 Å². The molecule has 0 aliphatic carbocycles. The van der Waals surface area contributed by atoms with Crippen molar-refractivity contribution >= 4 is 34.8 Å². The van der Waals surface area contributed by atoms with Gasteiger partial charge in [-0.3, -0.25) is 19.6 Å². The van der Waals surface area contributed by atoms with Gasteiger partial charge in [0.25, 0.3) is 5.91 Å². The van der Waals surface area contributed by atoms with Crippen LogP contribution in [-0.4, -0.2) is 27.2 Å². The van der Waals surface area contributed by atoms with Gasteiger partial charge in [0, 0.05) is 17.1 Å². The number of halogens is 2. The molecule has 1 heterocycles. The van der Waals surface area contributed by atoms with Gasteiger partial charge in [0.15, 0.2) is 0 Å². The minimum absolute atomic E-state index is 0.0928. The normalized spacial score (nSPS) is 10.6. The second kappa shape index (κ2) is 9.40. The van der Waals surface area contributed by atoms with Crippen molar-refractivity contribution in [1.29, 1.82) is 0 Å². The summed E-state index contributed by atoms with van der Waals surface area (Å²) in [5.74, 6) is 0.234. The lowest BCUT2D eigenvalue weighted by atomic mass is 10.1. The van der Waals surface area contributed by atoms with Crippen LogP contribution in [0.1, 0.15) is 15.9 Å². The third kappa shape index (κ3) is 5.69. The van der Waals surface area contributed by atoms with Crippen LogP contribution in [0.15, 0.2) is 54.9 Å². The lowest BCUT2D eigenvalue weighted by Crippen LogP contribution is -2.27. The summed E-state index contributed by atoms with van der Waals surface area (Å²) in [5.41, 5.74) is 1.18. The lowest BCUT2D eigenvalue weighted by molar-refractivity contribution is -0.385. The molecule has 8 nitrogen and oxygen atoms in total. The second-order valence-corrected chi connectivity index (χ2v) is 6.88. The molecule has 0 aliphatic heterocycles. The first-order valence-electron chi connectivity index (χ1n) is 8.54. The van der Waals surface area contributed by atoms with Gasteiger partial charge in [0.05, 0.1) is 16.5 Å². The average molecular weight is 435 g/mol. The van der Waals surface area contributed by atoms with Crippen LogP contribution in [0.2, 0.25) is 10.0 Å². The largest absolute Gasteiger partial charge is 0.487 e. The monoisotopic (exact) mass is 434 g/mol. The summed E-state index contributed by atoms with van der Waals surface area (Å²) in [4.78, 5) is 22.5. The quantitative estimate of drug-likeness (QED) is 0.424. The molecule has 0 saturated heterocycles. The fourth-order valence-corrected chi connectivity index (χ4v) is 2.97. The van der Waals surface area contributed by atoms with Crippen molar-refractivity contribution in [2.24, 2.45) is 0 Å². The Balaban J connectivity index is 1.53. The van der Waals surface area contributed by atoms with E-state index < -0.39 is 4.92 Å². The fraction of sp³-hybridized carbons (Fsp3) is 0.158. The minimum atomic E-state index is -0.521. The molecular formula is C19H16Cl2N4O4. The number of hydrogen-bond donors (Lipinski definition) is 1. The zero-order valence-corrected chi connectivity index (χ0v) is 16.6. The molecule has 0 fully saturated rings. The predicted octanol–water partition coefficient (Wildman–Crippen LogP) is 4.11. The maximum absolute atomic E-state index is 12.3. The number of hydrogen-bond acceptors (Lipinski definition) is 5. The molecule has 29 heavy (non-hydrogen) atoms.